The van der Waals surface area contributed by atoms with Crippen LogP contribution in [0.25, 0.3) is 0 Å². The molecule has 0 aliphatic heterocycles. The highest BCUT2D eigenvalue weighted by Gasteiger charge is 2.14. The van der Waals surface area contributed by atoms with Gasteiger partial charge in [-0.15, -0.1) is 0 Å². The predicted molar refractivity (Wildman–Crippen MR) is 84.8 cm³/mol. The van der Waals surface area contributed by atoms with E-state index in [1.54, 1.807) is 24.3 Å². The Morgan fingerprint density at radius 2 is 1.62 bits per heavy atom. The Labute approximate surface area is 131 Å². The number of methoxy groups -OCH3 is 1. The van der Waals surface area contributed by atoms with E-state index in [-0.39, 0.29) is 5.75 Å². The monoisotopic (exact) mass is 322 g/mol. The number of benzene rings is 2. The first-order valence-corrected chi connectivity index (χ1v) is 8.23. The van der Waals surface area contributed by atoms with Gasteiger partial charge in [-0.1, -0.05) is 48.0 Å². The first-order valence-electron chi connectivity index (χ1n) is 6.36. The van der Waals surface area contributed by atoms with E-state index in [9.17, 15) is 9.00 Å². The third-order valence-corrected chi connectivity index (χ3v) is 4.65. The third kappa shape index (κ3) is 4.16. The molecule has 2 rings (SSSR count). The highest BCUT2D eigenvalue weighted by Crippen LogP contribution is 2.19. The van der Waals surface area contributed by atoms with Crippen molar-refractivity contribution in [2.45, 2.75) is 11.5 Å². The molecule has 0 N–H and O–H groups in total. The molecule has 2 aromatic carbocycles. The second kappa shape index (κ2) is 7.38. The topological polar surface area (TPSA) is 43.4 Å². The fourth-order valence-corrected chi connectivity index (χ4v) is 3.55. The summed E-state index contributed by atoms with van der Waals surface area (Å²) >= 11 is 6.07. The van der Waals surface area contributed by atoms with Gasteiger partial charge in [-0.3, -0.25) is 4.21 Å². The highest BCUT2D eigenvalue weighted by atomic mass is 35.5. The minimum Gasteiger partial charge on any atom is -0.465 e. The van der Waals surface area contributed by atoms with Gasteiger partial charge in [-0.2, -0.15) is 0 Å². The second-order valence-corrected chi connectivity index (χ2v) is 6.33. The molecule has 0 spiro atoms. The minimum absolute atomic E-state index is 0.288. The quantitative estimate of drug-likeness (QED) is 0.790. The Hall–Kier alpha value is -1.65. The minimum atomic E-state index is -1.15. The number of hydrogen-bond acceptors (Lipinski definition) is 3. The van der Waals surface area contributed by atoms with Crippen molar-refractivity contribution in [2.24, 2.45) is 0 Å². The van der Waals surface area contributed by atoms with Gasteiger partial charge in [0.05, 0.1) is 18.4 Å². The number of halogens is 1. The number of ether oxygens (including phenoxy) is 1. The van der Waals surface area contributed by atoms with E-state index >= 15 is 0 Å². The molecule has 0 fully saturated rings. The zero-order valence-corrected chi connectivity index (χ0v) is 13.1. The van der Waals surface area contributed by atoms with Gasteiger partial charge in [0.25, 0.3) is 0 Å². The van der Waals surface area contributed by atoms with Gasteiger partial charge in [0, 0.05) is 21.6 Å². The van der Waals surface area contributed by atoms with E-state index in [2.05, 4.69) is 0 Å². The average molecular weight is 323 g/mol. The van der Waals surface area contributed by atoms with Gasteiger partial charge in [-0.05, 0) is 23.3 Å². The largest absolute Gasteiger partial charge is 0.465 e. The van der Waals surface area contributed by atoms with E-state index in [1.807, 2.05) is 24.3 Å². The molecule has 0 amide bonds. The standard InChI is InChI=1S/C16H15ClO3S/c1-20-16(18)14-8-4-2-6-12(14)10-21(19)11-13-7-3-5-9-15(13)17/h2-9H,10-11H2,1H3. The van der Waals surface area contributed by atoms with Crippen LogP contribution in [0.2, 0.25) is 5.02 Å². The summed E-state index contributed by atoms with van der Waals surface area (Å²) in [7, 11) is 0.180. The maximum atomic E-state index is 12.3. The maximum absolute atomic E-state index is 12.3. The van der Waals surface area contributed by atoms with Crippen molar-refractivity contribution in [2.75, 3.05) is 7.11 Å². The van der Waals surface area contributed by atoms with Crippen molar-refractivity contribution in [3.63, 3.8) is 0 Å². The normalized spacial score (nSPS) is 11.9. The summed E-state index contributed by atoms with van der Waals surface area (Å²) in [5.74, 6) is 0.228. The molecule has 2 aromatic rings. The summed E-state index contributed by atoms with van der Waals surface area (Å²) in [5, 5.41) is 0.604. The molecule has 0 aliphatic rings. The van der Waals surface area contributed by atoms with Crippen LogP contribution >= 0.6 is 11.6 Å². The van der Waals surface area contributed by atoms with Crippen LogP contribution in [0.1, 0.15) is 21.5 Å². The zero-order chi connectivity index (χ0) is 15.2. The maximum Gasteiger partial charge on any atom is 0.338 e. The van der Waals surface area contributed by atoms with Crippen LogP contribution < -0.4 is 0 Å². The average Bonchev–Trinajstić information content (AvgIpc) is 2.49. The van der Waals surface area contributed by atoms with Crippen molar-refractivity contribution >= 4 is 28.4 Å². The van der Waals surface area contributed by atoms with Crippen molar-refractivity contribution in [1.82, 2.24) is 0 Å². The van der Waals surface area contributed by atoms with Crippen molar-refractivity contribution < 1.29 is 13.7 Å². The van der Waals surface area contributed by atoms with Gasteiger partial charge in [-0.25, -0.2) is 4.79 Å². The molecular weight excluding hydrogens is 308 g/mol. The fraction of sp³-hybridized carbons (Fsp3) is 0.188. The summed E-state index contributed by atoms with van der Waals surface area (Å²) in [4.78, 5) is 11.7. The smallest absolute Gasteiger partial charge is 0.338 e. The third-order valence-electron chi connectivity index (χ3n) is 3.01. The summed E-state index contributed by atoms with van der Waals surface area (Å²) in [6.07, 6.45) is 0. The molecular formula is C16H15ClO3S. The number of hydrogen-bond donors (Lipinski definition) is 0. The number of carbonyl (C=O) groups is 1. The molecule has 0 bridgehead atoms. The predicted octanol–water partition coefficient (Wildman–Crippen LogP) is 3.58. The molecule has 0 radical (unpaired) electrons. The second-order valence-electron chi connectivity index (χ2n) is 4.47. The molecule has 21 heavy (non-hydrogen) atoms. The van der Waals surface area contributed by atoms with Crippen LogP contribution in [0.15, 0.2) is 48.5 Å². The summed E-state index contributed by atoms with van der Waals surface area (Å²) in [6.45, 7) is 0. The van der Waals surface area contributed by atoms with Gasteiger partial charge < -0.3 is 4.74 Å². The summed E-state index contributed by atoms with van der Waals surface area (Å²) in [6, 6.07) is 14.4. The van der Waals surface area contributed by atoms with Crippen molar-refractivity contribution in [3.8, 4) is 0 Å². The lowest BCUT2D eigenvalue weighted by atomic mass is 10.1. The SMILES string of the molecule is COC(=O)c1ccccc1CS(=O)Cc1ccccc1Cl. The van der Waals surface area contributed by atoms with Crippen LogP contribution in [0, 0.1) is 0 Å². The molecule has 0 aliphatic carbocycles. The first kappa shape index (κ1) is 15.7. The lowest BCUT2D eigenvalue weighted by molar-refractivity contribution is 0.0600. The number of rotatable bonds is 5. The summed E-state index contributed by atoms with van der Waals surface area (Å²) in [5.41, 5.74) is 2.01. The molecule has 0 aromatic heterocycles. The zero-order valence-electron chi connectivity index (χ0n) is 11.5. The first-order chi connectivity index (χ1) is 10.1. The molecule has 0 saturated heterocycles. The Morgan fingerprint density at radius 1 is 1.05 bits per heavy atom. The van der Waals surface area contributed by atoms with E-state index in [4.69, 9.17) is 16.3 Å². The lowest BCUT2D eigenvalue weighted by Crippen LogP contribution is -2.08. The van der Waals surface area contributed by atoms with Gasteiger partial charge >= 0.3 is 5.97 Å². The van der Waals surface area contributed by atoms with Crippen LogP contribution in [0.5, 0.6) is 0 Å². The van der Waals surface area contributed by atoms with Crippen molar-refractivity contribution in [1.29, 1.82) is 0 Å². The van der Waals surface area contributed by atoms with Gasteiger partial charge in [0.15, 0.2) is 0 Å². The molecule has 1 atom stereocenters. The lowest BCUT2D eigenvalue weighted by Gasteiger charge is -2.08. The molecule has 3 nitrogen and oxygen atoms in total. The van der Waals surface area contributed by atoms with E-state index in [1.165, 1.54) is 7.11 Å². The Kier molecular flexibility index (Phi) is 5.53. The molecule has 0 heterocycles. The highest BCUT2D eigenvalue weighted by molar-refractivity contribution is 7.83. The Morgan fingerprint density at radius 3 is 2.29 bits per heavy atom. The Balaban J connectivity index is 2.14. The van der Waals surface area contributed by atoms with Crippen LogP contribution in [-0.4, -0.2) is 17.3 Å². The molecule has 1 unspecified atom stereocenters. The van der Waals surface area contributed by atoms with Crippen LogP contribution in [0.3, 0.4) is 0 Å². The molecule has 0 saturated carbocycles. The van der Waals surface area contributed by atoms with Crippen molar-refractivity contribution in [3.05, 3.63) is 70.2 Å². The van der Waals surface area contributed by atoms with Gasteiger partial charge in [0.2, 0.25) is 0 Å². The number of carbonyl (C=O) groups excluding carboxylic acids is 1. The fourth-order valence-electron chi connectivity index (χ4n) is 1.97. The molecule has 5 heteroatoms. The van der Waals surface area contributed by atoms with Crippen LogP contribution in [-0.2, 0) is 27.0 Å². The Bertz CT molecular complexity index is 670. The molecule has 110 valence electrons. The van der Waals surface area contributed by atoms with Gasteiger partial charge in [0.1, 0.15) is 0 Å². The van der Waals surface area contributed by atoms with E-state index in [0.29, 0.717) is 16.3 Å². The van der Waals surface area contributed by atoms with E-state index < -0.39 is 16.8 Å². The summed E-state index contributed by atoms with van der Waals surface area (Å²) < 4.78 is 17.0. The van der Waals surface area contributed by atoms with E-state index in [0.717, 1.165) is 11.1 Å². The number of esters is 1. The van der Waals surface area contributed by atoms with Crippen LogP contribution in [0.4, 0.5) is 0 Å².